The Morgan fingerprint density at radius 3 is 2.00 bits per heavy atom. The van der Waals surface area contributed by atoms with Crippen LogP contribution in [0.25, 0.3) is 0 Å². The highest BCUT2D eigenvalue weighted by Gasteiger charge is 2.38. The average Bonchev–Trinajstić information content (AvgIpc) is 2.11. The summed E-state index contributed by atoms with van der Waals surface area (Å²) >= 11 is 0. The van der Waals surface area contributed by atoms with Crippen molar-refractivity contribution >= 4 is 0 Å². The van der Waals surface area contributed by atoms with Gasteiger partial charge in [0.2, 0.25) is 0 Å². The summed E-state index contributed by atoms with van der Waals surface area (Å²) in [6.45, 7) is 14.1. The number of rotatable bonds is 4. The van der Waals surface area contributed by atoms with Gasteiger partial charge in [-0.05, 0) is 42.9 Å². The molecule has 0 spiro atoms. The molecular weight excluding hydrogens is 210 g/mol. The zero-order valence-corrected chi connectivity index (χ0v) is 12.5. The first-order chi connectivity index (χ1) is 7.65. The molecule has 0 aromatic rings. The second-order valence-corrected chi connectivity index (χ2v) is 7.73. The predicted molar refractivity (Wildman–Crippen MR) is 74.0 cm³/mol. The van der Waals surface area contributed by atoms with E-state index < -0.39 is 0 Å². The first-order valence-electron chi connectivity index (χ1n) is 7.02. The van der Waals surface area contributed by atoms with Crippen LogP contribution in [0.15, 0.2) is 0 Å². The highest BCUT2D eigenvalue weighted by molar-refractivity contribution is 4.93. The van der Waals surface area contributed by atoms with Crippen molar-refractivity contribution in [2.45, 2.75) is 72.9 Å². The monoisotopic (exact) mass is 241 g/mol. The molecule has 2 unspecified atom stereocenters. The van der Waals surface area contributed by atoms with Crippen molar-refractivity contribution in [3.8, 4) is 0 Å². The minimum Gasteiger partial charge on any atom is -0.396 e. The summed E-state index contributed by atoms with van der Waals surface area (Å²) in [5, 5.41) is 12.9. The second-order valence-electron chi connectivity index (χ2n) is 7.73. The topological polar surface area (TPSA) is 32.3 Å². The van der Waals surface area contributed by atoms with Gasteiger partial charge >= 0.3 is 0 Å². The Morgan fingerprint density at radius 2 is 1.59 bits per heavy atom. The molecule has 2 atom stereocenters. The number of hydrogen-bond donors (Lipinski definition) is 2. The van der Waals surface area contributed by atoms with Gasteiger partial charge in [0.1, 0.15) is 0 Å². The number of aliphatic hydroxyl groups excluding tert-OH is 1. The van der Waals surface area contributed by atoms with Crippen molar-refractivity contribution in [1.29, 1.82) is 0 Å². The molecule has 1 saturated carbocycles. The largest absolute Gasteiger partial charge is 0.396 e. The van der Waals surface area contributed by atoms with Gasteiger partial charge in [-0.3, -0.25) is 0 Å². The molecule has 0 aromatic heterocycles. The molecule has 17 heavy (non-hydrogen) atoms. The second kappa shape index (κ2) is 5.27. The highest BCUT2D eigenvalue weighted by atomic mass is 16.3. The summed E-state index contributed by atoms with van der Waals surface area (Å²) in [6.07, 6.45) is 3.81. The highest BCUT2D eigenvalue weighted by Crippen LogP contribution is 2.45. The van der Waals surface area contributed by atoms with Gasteiger partial charge < -0.3 is 10.4 Å². The maximum Gasteiger partial charge on any atom is 0.0471 e. The smallest absolute Gasteiger partial charge is 0.0471 e. The Bertz CT molecular complexity index is 231. The minimum atomic E-state index is 0.272. The van der Waals surface area contributed by atoms with Crippen molar-refractivity contribution in [2.24, 2.45) is 16.7 Å². The SMILES string of the molecule is CC(CO)C(C)NC1CC(C)(C)CC(C)(C)C1. The van der Waals surface area contributed by atoms with Gasteiger partial charge in [-0.25, -0.2) is 0 Å². The molecular formula is C15H31NO. The number of aliphatic hydroxyl groups is 1. The fourth-order valence-electron chi connectivity index (χ4n) is 3.66. The lowest BCUT2D eigenvalue weighted by atomic mass is 9.63. The van der Waals surface area contributed by atoms with E-state index in [0.717, 1.165) is 0 Å². The fourth-order valence-corrected chi connectivity index (χ4v) is 3.66. The van der Waals surface area contributed by atoms with Gasteiger partial charge in [-0.1, -0.05) is 34.6 Å². The van der Waals surface area contributed by atoms with E-state index in [2.05, 4.69) is 46.9 Å². The van der Waals surface area contributed by atoms with E-state index in [1.54, 1.807) is 0 Å². The van der Waals surface area contributed by atoms with Crippen LogP contribution in [0.4, 0.5) is 0 Å². The standard InChI is InChI=1S/C15H31NO/c1-11(9-17)12(2)16-13-7-14(3,4)10-15(5,6)8-13/h11-13,16-17H,7-10H2,1-6H3. The molecule has 0 aromatic carbocycles. The molecule has 1 aliphatic carbocycles. The van der Waals surface area contributed by atoms with Crippen LogP contribution in [0.1, 0.15) is 60.8 Å². The summed E-state index contributed by atoms with van der Waals surface area (Å²) in [7, 11) is 0. The van der Waals surface area contributed by atoms with Crippen LogP contribution in [-0.2, 0) is 0 Å². The third kappa shape index (κ3) is 4.59. The van der Waals surface area contributed by atoms with Gasteiger partial charge in [-0.15, -0.1) is 0 Å². The maximum absolute atomic E-state index is 9.20. The predicted octanol–water partition coefficient (Wildman–Crippen LogP) is 3.20. The fraction of sp³-hybridized carbons (Fsp3) is 1.00. The Morgan fingerprint density at radius 1 is 1.12 bits per heavy atom. The van der Waals surface area contributed by atoms with Crippen LogP contribution in [0.3, 0.4) is 0 Å². The van der Waals surface area contributed by atoms with Crippen LogP contribution in [0.2, 0.25) is 0 Å². The van der Waals surface area contributed by atoms with Gasteiger partial charge in [0.05, 0.1) is 0 Å². The lowest BCUT2D eigenvalue weighted by Crippen LogP contribution is -2.48. The Kier molecular flexibility index (Phi) is 4.65. The maximum atomic E-state index is 9.20. The van der Waals surface area contributed by atoms with Gasteiger partial charge in [-0.2, -0.15) is 0 Å². The van der Waals surface area contributed by atoms with Crippen LogP contribution in [-0.4, -0.2) is 23.8 Å². The van der Waals surface area contributed by atoms with Crippen molar-refractivity contribution in [2.75, 3.05) is 6.61 Å². The molecule has 2 heteroatoms. The van der Waals surface area contributed by atoms with E-state index >= 15 is 0 Å². The van der Waals surface area contributed by atoms with Gasteiger partial charge in [0, 0.05) is 18.7 Å². The van der Waals surface area contributed by atoms with Crippen LogP contribution in [0, 0.1) is 16.7 Å². The van der Waals surface area contributed by atoms with Crippen molar-refractivity contribution < 1.29 is 5.11 Å². The summed E-state index contributed by atoms with van der Waals surface area (Å²) in [5.74, 6) is 0.336. The first-order valence-corrected chi connectivity index (χ1v) is 7.02. The van der Waals surface area contributed by atoms with E-state index in [1.165, 1.54) is 19.3 Å². The number of nitrogens with one attached hydrogen (secondary N) is 1. The Labute approximate surface area is 107 Å². The summed E-state index contributed by atoms with van der Waals surface area (Å²) in [5.41, 5.74) is 0.864. The quantitative estimate of drug-likeness (QED) is 0.792. The molecule has 0 amide bonds. The van der Waals surface area contributed by atoms with Crippen LogP contribution < -0.4 is 5.32 Å². The van der Waals surface area contributed by atoms with E-state index in [9.17, 15) is 5.11 Å². The lowest BCUT2D eigenvalue weighted by molar-refractivity contribution is 0.0747. The Balaban J connectivity index is 2.59. The third-order valence-corrected chi connectivity index (χ3v) is 4.20. The molecule has 0 aliphatic heterocycles. The number of hydrogen-bond acceptors (Lipinski definition) is 2. The molecule has 102 valence electrons. The van der Waals surface area contributed by atoms with E-state index in [0.29, 0.717) is 28.8 Å². The molecule has 0 radical (unpaired) electrons. The van der Waals surface area contributed by atoms with Gasteiger partial charge in [0.25, 0.3) is 0 Å². The molecule has 2 N–H and O–H groups in total. The van der Waals surface area contributed by atoms with E-state index in [4.69, 9.17) is 0 Å². The van der Waals surface area contributed by atoms with E-state index in [1.807, 2.05) is 0 Å². The van der Waals surface area contributed by atoms with Crippen molar-refractivity contribution in [3.63, 3.8) is 0 Å². The lowest BCUT2D eigenvalue weighted by Gasteiger charge is -2.46. The van der Waals surface area contributed by atoms with Crippen molar-refractivity contribution in [1.82, 2.24) is 5.32 Å². The molecule has 0 saturated heterocycles. The first kappa shape index (κ1) is 15.0. The Hall–Kier alpha value is -0.0800. The van der Waals surface area contributed by atoms with Crippen LogP contribution in [0.5, 0.6) is 0 Å². The molecule has 1 aliphatic rings. The zero-order chi connectivity index (χ0) is 13.3. The molecule has 1 rings (SSSR count). The van der Waals surface area contributed by atoms with Crippen molar-refractivity contribution in [3.05, 3.63) is 0 Å². The molecule has 2 nitrogen and oxygen atoms in total. The zero-order valence-electron chi connectivity index (χ0n) is 12.5. The summed E-state index contributed by atoms with van der Waals surface area (Å²) in [6, 6.07) is 0.993. The molecule has 1 fully saturated rings. The molecule has 0 bridgehead atoms. The summed E-state index contributed by atoms with van der Waals surface area (Å²) in [4.78, 5) is 0. The summed E-state index contributed by atoms with van der Waals surface area (Å²) < 4.78 is 0. The average molecular weight is 241 g/mol. The molecule has 0 heterocycles. The van der Waals surface area contributed by atoms with Crippen LogP contribution >= 0.6 is 0 Å². The van der Waals surface area contributed by atoms with Gasteiger partial charge in [0.15, 0.2) is 0 Å². The third-order valence-electron chi connectivity index (χ3n) is 4.20. The van der Waals surface area contributed by atoms with E-state index in [-0.39, 0.29) is 6.61 Å². The minimum absolute atomic E-state index is 0.272. The normalized spacial score (nSPS) is 27.7.